The Balaban J connectivity index is 1.51. The number of rotatable bonds is 4. The average molecular weight is 378 g/mol. The van der Waals surface area contributed by atoms with Crippen LogP contribution in [0.5, 0.6) is 0 Å². The molecule has 0 saturated carbocycles. The quantitative estimate of drug-likeness (QED) is 0.708. The summed E-state index contributed by atoms with van der Waals surface area (Å²) in [5.74, 6) is 7.30. The number of alkyl halides is 1. The van der Waals surface area contributed by atoms with Crippen molar-refractivity contribution in [1.29, 1.82) is 0 Å². The summed E-state index contributed by atoms with van der Waals surface area (Å²) in [5.41, 5.74) is 3.57. The van der Waals surface area contributed by atoms with Gasteiger partial charge in [0, 0.05) is 43.3 Å². The molecule has 3 heterocycles. The molecule has 1 aliphatic heterocycles. The van der Waals surface area contributed by atoms with Crippen LogP contribution in [0.1, 0.15) is 11.3 Å². The van der Waals surface area contributed by atoms with Crippen molar-refractivity contribution in [2.24, 2.45) is 0 Å². The van der Waals surface area contributed by atoms with E-state index in [1.807, 2.05) is 48.3 Å². The third-order valence-electron chi connectivity index (χ3n) is 4.87. The molecule has 1 saturated heterocycles. The van der Waals surface area contributed by atoms with E-state index in [4.69, 9.17) is 9.72 Å². The summed E-state index contributed by atoms with van der Waals surface area (Å²) < 4.78 is 17.9. The molecule has 1 aromatic carbocycles. The summed E-state index contributed by atoms with van der Waals surface area (Å²) in [7, 11) is 1.88. The van der Waals surface area contributed by atoms with E-state index in [1.54, 1.807) is 0 Å². The van der Waals surface area contributed by atoms with Crippen molar-refractivity contribution in [3.05, 3.63) is 53.7 Å². The Labute approximate surface area is 164 Å². The van der Waals surface area contributed by atoms with Crippen molar-refractivity contribution < 1.29 is 9.13 Å². The summed E-state index contributed by atoms with van der Waals surface area (Å²) in [6.07, 6.45) is 0. The normalized spacial score (nSPS) is 14.0. The molecule has 1 aliphatic rings. The van der Waals surface area contributed by atoms with Gasteiger partial charge in [0.2, 0.25) is 0 Å². The van der Waals surface area contributed by atoms with Gasteiger partial charge in [0.1, 0.15) is 18.1 Å². The lowest BCUT2D eigenvalue weighted by atomic mass is 10.2. The number of halogens is 1. The second-order valence-corrected chi connectivity index (χ2v) is 6.80. The minimum Gasteiger partial charge on any atom is -0.378 e. The smallest absolute Gasteiger partial charge is 0.140 e. The minimum atomic E-state index is -0.361. The molecule has 0 aliphatic carbocycles. The molecule has 4 rings (SSSR count). The van der Waals surface area contributed by atoms with Gasteiger partial charge in [-0.25, -0.2) is 9.37 Å². The highest BCUT2D eigenvalue weighted by Gasteiger charge is 2.13. The first-order valence-corrected chi connectivity index (χ1v) is 9.44. The SMILES string of the molecule is CN(CCF)c1ccc(C#Cc2cc3ccc(N4CCOCC4)nc3[nH]2)cc1. The topological polar surface area (TPSA) is 44.4 Å². The number of aromatic nitrogens is 2. The molecular weight excluding hydrogens is 355 g/mol. The number of nitrogens with one attached hydrogen (secondary N) is 1. The molecule has 2 aromatic heterocycles. The Hall–Kier alpha value is -3.04. The van der Waals surface area contributed by atoms with Crippen molar-refractivity contribution in [3.8, 4) is 11.8 Å². The van der Waals surface area contributed by atoms with Crippen molar-refractivity contribution in [2.75, 3.05) is 56.4 Å². The zero-order chi connectivity index (χ0) is 19.3. The molecule has 0 unspecified atom stereocenters. The molecule has 0 radical (unpaired) electrons. The maximum Gasteiger partial charge on any atom is 0.140 e. The molecule has 0 bridgehead atoms. The molecule has 144 valence electrons. The Kier molecular flexibility index (Phi) is 5.45. The van der Waals surface area contributed by atoms with E-state index in [9.17, 15) is 4.39 Å². The summed E-state index contributed by atoms with van der Waals surface area (Å²) >= 11 is 0. The fraction of sp³-hybridized carbons (Fsp3) is 0.318. The summed E-state index contributed by atoms with van der Waals surface area (Å²) in [6.45, 7) is 3.23. The predicted octanol–water partition coefficient (Wildman–Crippen LogP) is 3.21. The van der Waals surface area contributed by atoms with Crippen LogP contribution >= 0.6 is 0 Å². The van der Waals surface area contributed by atoms with Crippen LogP contribution < -0.4 is 9.80 Å². The van der Waals surface area contributed by atoms with Gasteiger partial charge in [-0.2, -0.15) is 0 Å². The van der Waals surface area contributed by atoms with Crippen LogP contribution in [0.25, 0.3) is 11.0 Å². The third kappa shape index (κ3) is 4.10. The van der Waals surface area contributed by atoms with Crippen molar-refractivity contribution in [2.45, 2.75) is 0 Å². The van der Waals surface area contributed by atoms with Crippen LogP contribution in [0.15, 0.2) is 42.5 Å². The highest BCUT2D eigenvalue weighted by Crippen LogP contribution is 2.19. The number of ether oxygens (including phenoxy) is 1. The first-order valence-electron chi connectivity index (χ1n) is 9.44. The van der Waals surface area contributed by atoms with Crippen LogP contribution in [0, 0.1) is 11.8 Å². The molecule has 1 N–H and O–H groups in total. The van der Waals surface area contributed by atoms with Crippen LogP contribution in [0.2, 0.25) is 0 Å². The zero-order valence-corrected chi connectivity index (χ0v) is 15.9. The molecule has 28 heavy (non-hydrogen) atoms. The number of fused-ring (bicyclic) bond motifs is 1. The van der Waals surface area contributed by atoms with E-state index >= 15 is 0 Å². The van der Waals surface area contributed by atoms with Crippen LogP contribution in [-0.2, 0) is 4.74 Å². The number of pyridine rings is 1. The fourth-order valence-corrected chi connectivity index (χ4v) is 3.23. The number of nitrogens with zero attached hydrogens (tertiary/aromatic N) is 3. The molecule has 1 fully saturated rings. The largest absolute Gasteiger partial charge is 0.378 e. The maximum atomic E-state index is 12.5. The van der Waals surface area contributed by atoms with E-state index in [0.717, 1.165) is 60.1 Å². The summed E-state index contributed by atoms with van der Waals surface area (Å²) in [4.78, 5) is 12.1. The second kappa shape index (κ2) is 8.32. The van der Waals surface area contributed by atoms with E-state index in [-0.39, 0.29) is 6.67 Å². The maximum absolute atomic E-state index is 12.5. The van der Waals surface area contributed by atoms with Gasteiger partial charge in [-0.05, 0) is 48.4 Å². The number of hydrogen-bond acceptors (Lipinski definition) is 4. The average Bonchev–Trinajstić information content (AvgIpc) is 3.15. The van der Waals surface area contributed by atoms with Crippen molar-refractivity contribution >= 4 is 22.5 Å². The van der Waals surface area contributed by atoms with Gasteiger partial charge in [0.25, 0.3) is 0 Å². The fourth-order valence-electron chi connectivity index (χ4n) is 3.23. The standard InChI is InChI=1S/C22H23FN4O/c1-26(11-10-23)20-7-3-17(4-8-20)2-6-19-16-18-5-9-21(25-22(18)24-19)27-12-14-28-15-13-27/h3-5,7-9,16H,10-15H2,1H3,(H,24,25). The van der Waals surface area contributed by atoms with Gasteiger partial charge in [-0.1, -0.05) is 5.92 Å². The van der Waals surface area contributed by atoms with Crippen LogP contribution in [-0.4, -0.2) is 56.5 Å². The lowest BCUT2D eigenvalue weighted by Gasteiger charge is -2.27. The number of H-pyrrole nitrogens is 1. The van der Waals surface area contributed by atoms with Crippen LogP contribution in [0.3, 0.4) is 0 Å². The van der Waals surface area contributed by atoms with Gasteiger partial charge in [0.05, 0.1) is 18.9 Å². The Morgan fingerprint density at radius 1 is 1.14 bits per heavy atom. The highest BCUT2D eigenvalue weighted by atomic mass is 19.1. The first kappa shape index (κ1) is 18.3. The van der Waals surface area contributed by atoms with Crippen LogP contribution in [0.4, 0.5) is 15.9 Å². The number of hydrogen-bond donors (Lipinski definition) is 1. The zero-order valence-electron chi connectivity index (χ0n) is 15.9. The molecule has 0 atom stereocenters. The van der Waals surface area contributed by atoms with Gasteiger partial charge in [-0.15, -0.1) is 0 Å². The Morgan fingerprint density at radius 2 is 1.93 bits per heavy atom. The minimum absolute atomic E-state index is 0.361. The first-order chi connectivity index (χ1) is 13.7. The molecular formula is C22H23FN4O. The number of morpholine rings is 1. The molecule has 0 spiro atoms. The number of benzene rings is 1. The molecule has 3 aromatic rings. The van der Waals surface area contributed by atoms with Gasteiger partial charge < -0.3 is 19.5 Å². The highest BCUT2D eigenvalue weighted by molar-refractivity contribution is 5.79. The lowest BCUT2D eigenvalue weighted by molar-refractivity contribution is 0.122. The Bertz CT molecular complexity index is 997. The van der Waals surface area contributed by atoms with Gasteiger partial charge >= 0.3 is 0 Å². The molecule has 0 amide bonds. The Morgan fingerprint density at radius 3 is 2.68 bits per heavy atom. The van der Waals surface area contributed by atoms with Crippen molar-refractivity contribution in [3.63, 3.8) is 0 Å². The number of anilines is 2. The van der Waals surface area contributed by atoms with Crippen molar-refractivity contribution in [1.82, 2.24) is 9.97 Å². The van der Waals surface area contributed by atoms with E-state index in [1.165, 1.54) is 0 Å². The molecule has 5 nitrogen and oxygen atoms in total. The van der Waals surface area contributed by atoms with Gasteiger partial charge in [-0.3, -0.25) is 0 Å². The van der Waals surface area contributed by atoms with Gasteiger partial charge in [0.15, 0.2) is 0 Å². The van der Waals surface area contributed by atoms with E-state index < -0.39 is 0 Å². The monoisotopic (exact) mass is 378 g/mol. The third-order valence-corrected chi connectivity index (χ3v) is 4.87. The lowest BCUT2D eigenvalue weighted by Crippen LogP contribution is -2.36. The predicted molar refractivity (Wildman–Crippen MR) is 111 cm³/mol. The second-order valence-electron chi connectivity index (χ2n) is 6.80. The molecule has 6 heteroatoms. The summed E-state index contributed by atoms with van der Waals surface area (Å²) in [5, 5.41) is 1.05. The summed E-state index contributed by atoms with van der Waals surface area (Å²) in [6, 6.07) is 14.0. The van der Waals surface area contributed by atoms with E-state index in [2.05, 4.69) is 27.8 Å². The van der Waals surface area contributed by atoms with E-state index in [0.29, 0.717) is 6.54 Å². The number of aromatic amines is 1.